The van der Waals surface area contributed by atoms with Gasteiger partial charge in [0.15, 0.2) is 0 Å². The minimum Gasteiger partial charge on any atom is -0.331 e. The van der Waals surface area contributed by atoms with E-state index in [4.69, 9.17) is 11.6 Å². The van der Waals surface area contributed by atoms with Gasteiger partial charge in [-0.2, -0.15) is 0 Å². The van der Waals surface area contributed by atoms with E-state index in [-0.39, 0.29) is 0 Å². The molecule has 1 aliphatic rings. The van der Waals surface area contributed by atoms with E-state index in [0.717, 1.165) is 18.0 Å². The molecule has 1 atom stereocenters. The van der Waals surface area contributed by atoms with Gasteiger partial charge in [0.1, 0.15) is 0 Å². The molecule has 0 amide bonds. The van der Waals surface area contributed by atoms with Crippen molar-refractivity contribution in [2.24, 2.45) is 0 Å². The summed E-state index contributed by atoms with van der Waals surface area (Å²) in [5.74, 6) is 6.29. The quantitative estimate of drug-likeness (QED) is 0.626. The van der Waals surface area contributed by atoms with Crippen molar-refractivity contribution in [1.29, 1.82) is 0 Å². The Morgan fingerprint density at radius 1 is 1.20 bits per heavy atom. The standard InChI is InChI=1S/C22H21ClN2/c1-2-3-14-25-20-12-11-17(23)15-18(20)21(16-8-5-4-6-9-16)22(25)19-10-7-13-24-19/h4-6,8-9,11-12,15,19,24H,7,10,13-14H2,1H3. The average molecular weight is 349 g/mol. The first-order valence-corrected chi connectivity index (χ1v) is 9.17. The molecular formula is C22H21ClN2. The number of aromatic nitrogens is 1. The summed E-state index contributed by atoms with van der Waals surface area (Å²) in [5, 5.41) is 5.65. The first-order chi connectivity index (χ1) is 12.3. The van der Waals surface area contributed by atoms with Gasteiger partial charge in [-0.3, -0.25) is 0 Å². The average Bonchev–Trinajstić information content (AvgIpc) is 3.26. The zero-order valence-electron chi connectivity index (χ0n) is 14.3. The van der Waals surface area contributed by atoms with E-state index in [1.165, 1.54) is 34.1 Å². The monoisotopic (exact) mass is 348 g/mol. The second-order valence-corrected chi connectivity index (χ2v) is 6.89. The van der Waals surface area contributed by atoms with Gasteiger partial charge in [-0.15, -0.1) is 5.92 Å². The molecule has 3 aromatic rings. The minimum absolute atomic E-state index is 0.361. The Balaban J connectivity index is 2.06. The van der Waals surface area contributed by atoms with Crippen molar-refractivity contribution < 1.29 is 0 Å². The highest BCUT2D eigenvalue weighted by atomic mass is 35.5. The Bertz CT molecular complexity index is 954. The van der Waals surface area contributed by atoms with Gasteiger partial charge in [-0.25, -0.2) is 0 Å². The Morgan fingerprint density at radius 2 is 2.04 bits per heavy atom. The van der Waals surface area contributed by atoms with Gasteiger partial charge in [-0.1, -0.05) is 47.9 Å². The van der Waals surface area contributed by atoms with Crippen molar-refractivity contribution in [3.8, 4) is 23.0 Å². The highest BCUT2D eigenvalue weighted by molar-refractivity contribution is 6.31. The van der Waals surface area contributed by atoms with Gasteiger partial charge < -0.3 is 9.88 Å². The van der Waals surface area contributed by atoms with Crippen LogP contribution in [0.2, 0.25) is 5.02 Å². The molecule has 2 heterocycles. The second kappa shape index (κ2) is 6.96. The van der Waals surface area contributed by atoms with Gasteiger partial charge in [0.05, 0.1) is 6.54 Å². The number of fused-ring (bicyclic) bond motifs is 1. The summed E-state index contributed by atoms with van der Waals surface area (Å²) < 4.78 is 2.37. The Kier molecular flexibility index (Phi) is 4.53. The second-order valence-electron chi connectivity index (χ2n) is 6.45. The predicted octanol–water partition coefficient (Wildman–Crippen LogP) is 5.41. The molecule has 0 bridgehead atoms. The van der Waals surface area contributed by atoms with Crippen LogP contribution in [0.25, 0.3) is 22.0 Å². The lowest BCUT2D eigenvalue weighted by Crippen LogP contribution is -2.17. The lowest BCUT2D eigenvalue weighted by atomic mass is 9.98. The molecule has 1 N–H and O–H groups in total. The molecule has 126 valence electrons. The van der Waals surface area contributed by atoms with Crippen molar-refractivity contribution in [1.82, 2.24) is 9.88 Å². The fraction of sp³-hybridized carbons (Fsp3) is 0.273. The van der Waals surface area contributed by atoms with Crippen molar-refractivity contribution in [2.45, 2.75) is 32.4 Å². The number of rotatable bonds is 3. The largest absolute Gasteiger partial charge is 0.331 e. The molecule has 0 saturated carbocycles. The number of benzene rings is 2. The van der Waals surface area contributed by atoms with Crippen molar-refractivity contribution in [2.75, 3.05) is 6.54 Å². The van der Waals surface area contributed by atoms with Crippen LogP contribution < -0.4 is 5.32 Å². The normalized spacial score (nSPS) is 16.8. The summed E-state index contributed by atoms with van der Waals surface area (Å²) in [7, 11) is 0. The highest BCUT2D eigenvalue weighted by Crippen LogP contribution is 2.41. The van der Waals surface area contributed by atoms with E-state index >= 15 is 0 Å². The summed E-state index contributed by atoms with van der Waals surface area (Å²) in [6, 6.07) is 17.2. The lowest BCUT2D eigenvalue weighted by molar-refractivity contribution is 0.598. The van der Waals surface area contributed by atoms with E-state index in [1.54, 1.807) is 0 Å². The zero-order chi connectivity index (χ0) is 17.2. The fourth-order valence-electron chi connectivity index (χ4n) is 3.86. The molecule has 1 fully saturated rings. The highest BCUT2D eigenvalue weighted by Gasteiger charge is 2.27. The maximum absolute atomic E-state index is 6.35. The minimum atomic E-state index is 0.361. The Hall–Kier alpha value is -2.21. The van der Waals surface area contributed by atoms with Crippen LogP contribution in [-0.4, -0.2) is 11.1 Å². The third kappa shape index (κ3) is 2.95. The van der Waals surface area contributed by atoms with Crippen LogP contribution in [0.3, 0.4) is 0 Å². The Morgan fingerprint density at radius 3 is 2.76 bits per heavy atom. The summed E-state index contributed by atoms with van der Waals surface area (Å²) in [5.41, 5.74) is 5.07. The van der Waals surface area contributed by atoms with E-state index in [9.17, 15) is 0 Å². The van der Waals surface area contributed by atoms with Crippen LogP contribution in [0.4, 0.5) is 0 Å². The molecule has 1 aromatic heterocycles. The molecule has 2 nitrogen and oxygen atoms in total. The van der Waals surface area contributed by atoms with Gasteiger partial charge in [0.2, 0.25) is 0 Å². The van der Waals surface area contributed by atoms with E-state index < -0.39 is 0 Å². The summed E-state index contributed by atoms with van der Waals surface area (Å²) in [6.07, 6.45) is 2.37. The van der Waals surface area contributed by atoms with E-state index in [0.29, 0.717) is 12.6 Å². The Labute approximate surface area is 153 Å². The zero-order valence-corrected chi connectivity index (χ0v) is 15.1. The van der Waals surface area contributed by atoms with Crippen LogP contribution in [0.5, 0.6) is 0 Å². The maximum Gasteiger partial charge on any atom is 0.0841 e. The van der Waals surface area contributed by atoms with Crippen LogP contribution >= 0.6 is 11.6 Å². The predicted molar refractivity (Wildman–Crippen MR) is 106 cm³/mol. The van der Waals surface area contributed by atoms with Crippen LogP contribution in [0.1, 0.15) is 31.5 Å². The lowest BCUT2D eigenvalue weighted by Gasteiger charge is -2.17. The number of nitrogens with zero attached hydrogens (tertiary/aromatic N) is 1. The summed E-state index contributed by atoms with van der Waals surface area (Å²) >= 11 is 6.35. The molecule has 4 rings (SSSR count). The molecule has 1 unspecified atom stereocenters. The molecule has 3 heteroatoms. The van der Waals surface area contributed by atoms with Crippen LogP contribution in [-0.2, 0) is 6.54 Å². The third-order valence-electron chi connectivity index (χ3n) is 4.93. The maximum atomic E-state index is 6.35. The number of halogens is 1. The third-order valence-corrected chi connectivity index (χ3v) is 5.17. The molecule has 0 radical (unpaired) electrons. The van der Waals surface area contributed by atoms with Gasteiger partial charge in [0, 0.05) is 33.2 Å². The summed E-state index contributed by atoms with van der Waals surface area (Å²) in [6.45, 7) is 3.67. The van der Waals surface area contributed by atoms with Crippen LogP contribution in [0.15, 0.2) is 48.5 Å². The van der Waals surface area contributed by atoms with E-state index in [1.807, 2.05) is 13.0 Å². The van der Waals surface area contributed by atoms with Gasteiger partial charge >= 0.3 is 0 Å². The van der Waals surface area contributed by atoms with Crippen molar-refractivity contribution in [3.05, 3.63) is 59.2 Å². The van der Waals surface area contributed by atoms with Crippen molar-refractivity contribution >= 4 is 22.5 Å². The fourth-order valence-corrected chi connectivity index (χ4v) is 4.04. The molecule has 0 spiro atoms. The first-order valence-electron chi connectivity index (χ1n) is 8.79. The molecule has 2 aromatic carbocycles. The number of hydrogen-bond acceptors (Lipinski definition) is 1. The topological polar surface area (TPSA) is 17.0 Å². The smallest absolute Gasteiger partial charge is 0.0841 e. The van der Waals surface area contributed by atoms with Crippen LogP contribution in [0, 0.1) is 11.8 Å². The molecular weight excluding hydrogens is 328 g/mol. The van der Waals surface area contributed by atoms with Crippen molar-refractivity contribution in [3.63, 3.8) is 0 Å². The number of hydrogen-bond donors (Lipinski definition) is 1. The van der Waals surface area contributed by atoms with Gasteiger partial charge in [-0.05, 0) is 50.1 Å². The van der Waals surface area contributed by atoms with Gasteiger partial charge in [0.25, 0.3) is 0 Å². The summed E-state index contributed by atoms with van der Waals surface area (Å²) in [4.78, 5) is 0. The molecule has 1 aliphatic heterocycles. The molecule has 1 saturated heterocycles. The molecule has 25 heavy (non-hydrogen) atoms. The molecule has 0 aliphatic carbocycles. The SMILES string of the molecule is CC#CCn1c(C2CCCN2)c(-c2ccccc2)c2cc(Cl)ccc21. The van der Waals surface area contributed by atoms with E-state index in [2.05, 4.69) is 64.2 Å². The first kappa shape index (κ1) is 16.3. The number of nitrogens with one attached hydrogen (secondary N) is 1.